The second kappa shape index (κ2) is 12.8. The molecular weight excluding hydrogens is 477 g/mol. The summed E-state index contributed by atoms with van der Waals surface area (Å²) < 4.78 is 13.6. The molecule has 0 aliphatic carbocycles. The molecule has 3 unspecified atom stereocenters. The van der Waals surface area contributed by atoms with Crippen LogP contribution in [0.2, 0.25) is 0 Å². The Hall–Kier alpha value is -3.27. The van der Waals surface area contributed by atoms with E-state index < -0.39 is 24.6 Å². The second-order valence-corrected chi connectivity index (χ2v) is 9.86. The van der Waals surface area contributed by atoms with Crippen LogP contribution in [0.15, 0.2) is 60.3 Å². The number of anilines is 1. The molecule has 2 aromatic rings. The lowest BCUT2D eigenvalue weighted by atomic mass is 9.95. The number of aliphatic hydroxyl groups is 2. The van der Waals surface area contributed by atoms with Crippen molar-refractivity contribution < 1.29 is 29.3 Å². The van der Waals surface area contributed by atoms with Crippen LogP contribution in [0.25, 0.3) is 0 Å². The van der Waals surface area contributed by atoms with Gasteiger partial charge in [0.05, 0.1) is 35.9 Å². The first-order chi connectivity index (χ1) is 17.5. The van der Waals surface area contributed by atoms with E-state index in [1.54, 1.807) is 23.3 Å². The molecule has 0 bridgehead atoms. The topological polar surface area (TPSA) is 113 Å². The van der Waals surface area contributed by atoms with Gasteiger partial charge < -0.3 is 20.6 Å². The highest BCUT2D eigenvalue weighted by Crippen LogP contribution is 2.33. The molecule has 4 N–H and O–H groups in total. The molecule has 200 valence electrons. The number of hydrogen-bond donors (Lipinski definition) is 4. The molecule has 0 saturated carbocycles. The third-order valence-electron chi connectivity index (χ3n) is 6.38. The van der Waals surface area contributed by atoms with Crippen molar-refractivity contribution in [2.45, 2.75) is 64.8 Å². The molecule has 0 radical (unpaired) electrons. The average molecular weight is 514 g/mol. The first-order valence-corrected chi connectivity index (χ1v) is 12.5. The number of carboxylic acids is 1. The van der Waals surface area contributed by atoms with Gasteiger partial charge in [0.2, 0.25) is 0 Å². The Bertz CT molecular complexity index is 1090. The molecule has 0 aromatic heterocycles. The molecule has 1 aliphatic heterocycles. The van der Waals surface area contributed by atoms with Crippen LogP contribution in [0, 0.1) is 18.7 Å². The molecule has 0 saturated heterocycles. The zero-order chi connectivity index (χ0) is 27.1. The predicted molar refractivity (Wildman–Crippen MR) is 139 cm³/mol. The smallest absolute Gasteiger partial charge is 0.305 e. The maximum Gasteiger partial charge on any atom is 0.305 e. The van der Waals surface area contributed by atoms with Crippen molar-refractivity contribution in [3.8, 4) is 0 Å². The fraction of sp³-hybridized carbons (Fsp3) is 0.429. The standard InChI is InChI=1S/C28H36FN3O5/c1-18(2)27-25(28(37)30-16-20-6-4-19(3)5-7-20)17-32(22-10-8-21(29)9-11-22)31(27)13-12-23(33)14-24(34)15-26(35)36/h4-11,17-18,23-24,27,33-34H,12-16H2,1-3H3,(H,30,37)(H,35,36). The minimum absolute atomic E-state index is 0.0246. The molecule has 1 heterocycles. The summed E-state index contributed by atoms with van der Waals surface area (Å²) in [5.74, 6) is -1.70. The number of hydrogen-bond acceptors (Lipinski definition) is 6. The third kappa shape index (κ3) is 7.85. The molecule has 37 heavy (non-hydrogen) atoms. The fourth-order valence-electron chi connectivity index (χ4n) is 4.52. The monoisotopic (exact) mass is 513 g/mol. The summed E-state index contributed by atoms with van der Waals surface area (Å²) in [4.78, 5) is 24.2. The predicted octanol–water partition coefficient (Wildman–Crippen LogP) is 3.37. The number of nitrogens with zero attached hydrogens (tertiary/aromatic N) is 2. The van der Waals surface area contributed by atoms with Gasteiger partial charge in [0.1, 0.15) is 5.82 Å². The van der Waals surface area contributed by atoms with Crippen molar-refractivity contribution in [2.24, 2.45) is 5.92 Å². The lowest BCUT2D eigenvalue weighted by Gasteiger charge is -2.36. The Morgan fingerprint density at radius 3 is 2.27 bits per heavy atom. The lowest BCUT2D eigenvalue weighted by Crippen LogP contribution is -2.47. The van der Waals surface area contributed by atoms with Crippen LogP contribution in [0.5, 0.6) is 0 Å². The molecule has 3 rings (SSSR count). The lowest BCUT2D eigenvalue weighted by molar-refractivity contribution is -0.139. The molecule has 1 amide bonds. The van der Waals surface area contributed by atoms with E-state index in [0.717, 1.165) is 11.1 Å². The van der Waals surface area contributed by atoms with Gasteiger partial charge in [-0.2, -0.15) is 0 Å². The number of aliphatic hydroxyl groups excluding tert-OH is 2. The van der Waals surface area contributed by atoms with E-state index in [2.05, 4.69) is 5.32 Å². The summed E-state index contributed by atoms with van der Waals surface area (Å²) in [6, 6.07) is 13.5. The normalized spacial score (nSPS) is 17.5. The van der Waals surface area contributed by atoms with Crippen LogP contribution in [0.3, 0.4) is 0 Å². The van der Waals surface area contributed by atoms with Gasteiger partial charge >= 0.3 is 5.97 Å². The van der Waals surface area contributed by atoms with Crippen LogP contribution >= 0.6 is 0 Å². The molecule has 1 aliphatic rings. The fourth-order valence-corrected chi connectivity index (χ4v) is 4.52. The molecule has 2 aromatic carbocycles. The van der Waals surface area contributed by atoms with Crippen molar-refractivity contribution >= 4 is 17.6 Å². The Morgan fingerprint density at radius 1 is 1.03 bits per heavy atom. The second-order valence-electron chi connectivity index (χ2n) is 9.86. The first-order valence-electron chi connectivity index (χ1n) is 12.5. The van der Waals surface area contributed by atoms with E-state index in [9.17, 15) is 24.2 Å². The number of benzene rings is 2. The Morgan fingerprint density at radius 2 is 1.68 bits per heavy atom. The van der Waals surface area contributed by atoms with E-state index in [4.69, 9.17) is 5.11 Å². The zero-order valence-electron chi connectivity index (χ0n) is 21.5. The van der Waals surface area contributed by atoms with Crippen molar-refractivity contribution in [3.05, 3.63) is 77.2 Å². The minimum atomic E-state index is -1.15. The minimum Gasteiger partial charge on any atom is -0.481 e. The van der Waals surface area contributed by atoms with Gasteiger partial charge in [0, 0.05) is 19.3 Å². The number of aryl methyl sites for hydroxylation is 1. The number of amides is 1. The number of rotatable bonds is 12. The van der Waals surface area contributed by atoms with E-state index in [1.165, 1.54) is 12.1 Å². The number of hydrazine groups is 1. The van der Waals surface area contributed by atoms with Crippen LogP contribution in [-0.2, 0) is 16.1 Å². The number of carbonyl (C=O) groups is 2. The van der Waals surface area contributed by atoms with Crippen molar-refractivity contribution in [3.63, 3.8) is 0 Å². The number of carbonyl (C=O) groups excluding carboxylic acids is 1. The van der Waals surface area contributed by atoms with E-state index in [-0.39, 0.29) is 36.5 Å². The van der Waals surface area contributed by atoms with Gasteiger partial charge in [-0.3, -0.25) is 14.6 Å². The largest absolute Gasteiger partial charge is 0.481 e. The van der Waals surface area contributed by atoms with Gasteiger partial charge in [0.15, 0.2) is 0 Å². The van der Waals surface area contributed by atoms with Crippen LogP contribution in [0.1, 0.15) is 44.2 Å². The highest BCUT2D eigenvalue weighted by Gasteiger charge is 2.39. The quantitative estimate of drug-likeness (QED) is 0.344. The maximum atomic E-state index is 13.6. The summed E-state index contributed by atoms with van der Waals surface area (Å²) >= 11 is 0. The van der Waals surface area contributed by atoms with Gasteiger partial charge in [0.25, 0.3) is 5.91 Å². The molecular formula is C28H36FN3O5. The summed E-state index contributed by atoms with van der Waals surface area (Å²) in [6.45, 7) is 6.70. The Kier molecular flexibility index (Phi) is 9.79. The maximum absolute atomic E-state index is 13.6. The third-order valence-corrected chi connectivity index (χ3v) is 6.38. The molecule has 0 spiro atoms. The SMILES string of the molecule is Cc1ccc(CNC(=O)C2=CN(c3ccc(F)cc3)N(CCC(O)CC(O)CC(=O)O)C2C(C)C)cc1. The molecule has 3 atom stereocenters. The summed E-state index contributed by atoms with van der Waals surface area (Å²) in [5, 5.41) is 36.0. The average Bonchev–Trinajstić information content (AvgIpc) is 3.22. The van der Waals surface area contributed by atoms with Crippen molar-refractivity contribution in [2.75, 3.05) is 11.6 Å². The van der Waals surface area contributed by atoms with Crippen LogP contribution < -0.4 is 10.3 Å². The molecule has 9 heteroatoms. The molecule has 0 fully saturated rings. The number of carboxylic acid groups (broad SMARTS) is 1. The number of aliphatic carboxylic acids is 1. The number of nitrogens with one attached hydrogen (secondary N) is 1. The number of halogens is 1. The van der Waals surface area contributed by atoms with E-state index in [1.807, 2.05) is 50.0 Å². The summed E-state index contributed by atoms with van der Waals surface area (Å²) in [5.41, 5.74) is 3.33. The zero-order valence-corrected chi connectivity index (χ0v) is 21.5. The highest BCUT2D eigenvalue weighted by atomic mass is 19.1. The van der Waals surface area contributed by atoms with Gasteiger partial charge in [-0.1, -0.05) is 43.7 Å². The summed E-state index contributed by atoms with van der Waals surface area (Å²) in [7, 11) is 0. The Balaban J connectivity index is 1.79. The van der Waals surface area contributed by atoms with E-state index >= 15 is 0 Å². The Labute approximate surface area is 217 Å². The van der Waals surface area contributed by atoms with Crippen LogP contribution in [0.4, 0.5) is 10.1 Å². The van der Waals surface area contributed by atoms with Gasteiger partial charge in [-0.25, -0.2) is 9.40 Å². The van der Waals surface area contributed by atoms with E-state index in [0.29, 0.717) is 24.4 Å². The van der Waals surface area contributed by atoms with Gasteiger partial charge in [-0.05, 0) is 55.5 Å². The van der Waals surface area contributed by atoms with Crippen molar-refractivity contribution in [1.82, 2.24) is 10.3 Å². The summed E-state index contributed by atoms with van der Waals surface area (Å²) in [6.07, 6.45) is -0.611. The highest BCUT2D eigenvalue weighted by molar-refractivity contribution is 5.96. The molecule has 8 nitrogen and oxygen atoms in total. The first kappa shape index (κ1) is 28.3. The van der Waals surface area contributed by atoms with Crippen LogP contribution in [-0.4, -0.2) is 57.0 Å². The van der Waals surface area contributed by atoms with Crippen molar-refractivity contribution in [1.29, 1.82) is 0 Å². The van der Waals surface area contributed by atoms with Gasteiger partial charge in [-0.15, -0.1) is 0 Å².